The number of methoxy groups -OCH3 is 1. The zero-order chi connectivity index (χ0) is 18.6. The van der Waals surface area contributed by atoms with Crippen molar-refractivity contribution in [2.75, 3.05) is 18.6 Å². The summed E-state index contributed by atoms with van der Waals surface area (Å²) in [6.07, 6.45) is 0. The minimum absolute atomic E-state index is 0.0222. The predicted octanol–water partition coefficient (Wildman–Crippen LogP) is 4.07. The Kier molecular flexibility index (Phi) is 6.00. The molecule has 136 valence electrons. The minimum atomic E-state index is -3.35. The lowest BCUT2D eigenvalue weighted by Gasteiger charge is -2.04. The lowest BCUT2D eigenvalue weighted by molar-refractivity contribution is 0.411. The van der Waals surface area contributed by atoms with Gasteiger partial charge in [0.2, 0.25) is 0 Å². The van der Waals surface area contributed by atoms with E-state index in [2.05, 4.69) is 26.1 Å². The second kappa shape index (κ2) is 8.24. The van der Waals surface area contributed by atoms with Gasteiger partial charge < -0.3 is 9.15 Å². The fourth-order valence-corrected chi connectivity index (χ4v) is 4.87. The molecule has 26 heavy (non-hydrogen) atoms. The Morgan fingerprint density at radius 2 is 1.85 bits per heavy atom. The molecule has 0 radical (unpaired) electrons. The number of rotatable bonds is 7. The van der Waals surface area contributed by atoms with E-state index in [1.807, 2.05) is 18.2 Å². The maximum absolute atomic E-state index is 12.3. The van der Waals surface area contributed by atoms with E-state index in [1.54, 1.807) is 37.4 Å². The molecule has 9 heteroatoms. The summed E-state index contributed by atoms with van der Waals surface area (Å²) >= 11 is 4.50. The SMILES string of the molecule is COc1ccccc1-c1nnc(SCCS(=O)(=O)c2ccc(Br)cc2)o1. The highest BCUT2D eigenvalue weighted by Gasteiger charge is 2.17. The molecule has 0 N–H and O–H groups in total. The number of aromatic nitrogens is 2. The highest BCUT2D eigenvalue weighted by atomic mass is 79.9. The summed E-state index contributed by atoms with van der Waals surface area (Å²) in [5, 5.41) is 8.28. The van der Waals surface area contributed by atoms with E-state index in [0.717, 1.165) is 4.47 Å². The number of benzene rings is 2. The van der Waals surface area contributed by atoms with Gasteiger partial charge in [-0.3, -0.25) is 0 Å². The maximum atomic E-state index is 12.3. The Bertz CT molecular complexity index is 988. The van der Waals surface area contributed by atoms with Gasteiger partial charge in [-0.05, 0) is 36.4 Å². The smallest absolute Gasteiger partial charge is 0.276 e. The van der Waals surface area contributed by atoms with Gasteiger partial charge in [0.1, 0.15) is 5.75 Å². The number of para-hydroxylation sites is 1. The molecule has 0 amide bonds. The van der Waals surface area contributed by atoms with Crippen molar-refractivity contribution < 1.29 is 17.6 Å². The number of thioether (sulfide) groups is 1. The summed E-state index contributed by atoms with van der Waals surface area (Å²) < 4.78 is 36.4. The number of sulfone groups is 1. The number of hydrogen-bond acceptors (Lipinski definition) is 7. The minimum Gasteiger partial charge on any atom is -0.496 e. The zero-order valence-corrected chi connectivity index (χ0v) is 17.0. The first kappa shape index (κ1) is 18.9. The van der Waals surface area contributed by atoms with E-state index in [1.165, 1.54) is 11.8 Å². The number of nitrogens with zero attached hydrogens (tertiary/aromatic N) is 2. The van der Waals surface area contributed by atoms with E-state index >= 15 is 0 Å². The number of hydrogen-bond donors (Lipinski definition) is 0. The summed E-state index contributed by atoms with van der Waals surface area (Å²) in [4.78, 5) is 0.293. The van der Waals surface area contributed by atoms with Gasteiger partial charge >= 0.3 is 0 Å². The molecule has 0 saturated carbocycles. The third-order valence-electron chi connectivity index (χ3n) is 3.49. The van der Waals surface area contributed by atoms with Crippen LogP contribution in [0.3, 0.4) is 0 Å². The molecule has 0 aliphatic carbocycles. The van der Waals surface area contributed by atoms with Crippen LogP contribution < -0.4 is 4.74 Å². The van der Waals surface area contributed by atoms with Gasteiger partial charge in [0.15, 0.2) is 9.84 Å². The van der Waals surface area contributed by atoms with Crippen LogP contribution >= 0.6 is 27.7 Å². The second-order valence-corrected chi connectivity index (χ2v) is 9.27. The molecule has 0 aliphatic rings. The van der Waals surface area contributed by atoms with Gasteiger partial charge in [0.25, 0.3) is 11.1 Å². The van der Waals surface area contributed by atoms with Crippen molar-refractivity contribution in [3.05, 3.63) is 53.0 Å². The normalized spacial score (nSPS) is 11.5. The van der Waals surface area contributed by atoms with Crippen molar-refractivity contribution in [2.45, 2.75) is 10.1 Å². The summed E-state index contributed by atoms with van der Waals surface area (Å²) in [5.74, 6) is 1.25. The highest BCUT2D eigenvalue weighted by Crippen LogP contribution is 2.30. The monoisotopic (exact) mass is 454 g/mol. The van der Waals surface area contributed by atoms with Crippen molar-refractivity contribution in [1.29, 1.82) is 0 Å². The van der Waals surface area contributed by atoms with Gasteiger partial charge in [-0.15, -0.1) is 10.2 Å². The van der Waals surface area contributed by atoms with Crippen LogP contribution in [-0.2, 0) is 9.84 Å². The molecule has 2 aromatic carbocycles. The Hall–Kier alpha value is -1.84. The molecule has 0 saturated heterocycles. The standard InChI is InChI=1S/C17H15BrN2O4S2/c1-23-15-5-3-2-4-14(15)16-19-20-17(24-16)25-10-11-26(21,22)13-8-6-12(18)7-9-13/h2-9H,10-11H2,1H3. The fraction of sp³-hybridized carbons (Fsp3) is 0.176. The molecule has 0 bridgehead atoms. The molecule has 0 unspecified atom stereocenters. The van der Waals surface area contributed by atoms with Gasteiger partial charge in [-0.25, -0.2) is 8.42 Å². The average Bonchev–Trinajstić information content (AvgIpc) is 3.10. The van der Waals surface area contributed by atoms with E-state index in [-0.39, 0.29) is 5.75 Å². The lowest BCUT2D eigenvalue weighted by Crippen LogP contribution is -2.08. The third-order valence-corrected chi connectivity index (χ3v) is 6.83. The molecule has 0 spiro atoms. The fourth-order valence-electron chi connectivity index (χ4n) is 2.20. The molecule has 0 aliphatic heterocycles. The maximum Gasteiger partial charge on any atom is 0.276 e. The lowest BCUT2D eigenvalue weighted by atomic mass is 10.2. The molecule has 3 aromatic rings. The molecule has 6 nitrogen and oxygen atoms in total. The molecule has 1 aromatic heterocycles. The van der Waals surface area contributed by atoms with Crippen molar-refractivity contribution in [1.82, 2.24) is 10.2 Å². The Labute approximate surface area is 164 Å². The Morgan fingerprint density at radius 3 is 2.58 bits per heavy atom. The van der Waals surface area contributed by atoms with Gasteiger partial charge in [0.05, 0.1) is 23.3 Å². The van der Waals surface area contributed by atoms with E-state index in [9.17, 15) is 8.42 Å². The zero-order valence-electron chi connectivity index (χ0n) is 13.8. The predicted molar refractivity (Wildman–Crippen MR) is 103 cm³/mol. The first-order valence-corrected chi connectivity index (χ1v) is 11.0. The van der Waals surface area contributed by atoms with Crippen LogP contribution in [0.15, 0.2) is 67.5 Å². The molecule has 3 rings (SSSR count). The molecule has 0 fully saturated rings. The highest BCUT2D eigenvalue weighted by molar-refractivity contribution is 9.10. The largest absolute Gasteiger partial charge is 0.496 e. The van der Waals surface area contributed by atoms with Gasteiger partial charge in [0, 0.05) is 10.2 Å². The quantitative estimate of drug-likeness (QED) is 0.497. The van der Waals surface area contributed by atoms with Crippen molar-refractivity contribution in [3.8, 4) is 17.2 Å². The van der Waals surface area contributed by atoms with Crippen LogP contribution in [0.2, 0.25) is 0 Å². The van der Waals surface area contributed by atoms with Crippen LogP contribution in [-0.4, -0.2) is 37.2 Å². The van der Waals surface area contributed by atoms with E-state index in [0.29, 0.717) is 33.1 Å². The van der Waals surface area contributed by atoms with Gasteiger partial charge in [-0.1, -0.05) is 39.8 Å². The third kappa shape index (κ3) is 4.46. The van der Waals surface area contributed by atoms with Crippen LogP contribution in [0, 0.1) is 0 Å². The van der Waals surface area contributed by atoms with Crippen molar-refractivity contribution in [2.24, 2.45) is 0 Å². The second-order valence-electron chi connectivity index (χ2n) is 5.19. The first-order valence-electron chi connectivity index (χ1n) is 7.57. The Morgan fingerprint density at radius 1 is 1.12 bits per heavy atom. The van der Waals surface area contributed by atoms with Crippen LogP contribution in [0.5, 0.6) is 5.75 Å². The molecule has 1 heterocycles. The van der Waals surface area contributed by atoms with Gasteiger partial charge in [-0.2, -0.15) is 0 Å². The first-order chi connectivity index (χ1) is 12.5. The molecular weight excluding hydrogens is 440 g/mol. The molecule has 0 atom stereocenters. The Balaban J connectivity index is 1.64. The summed E-state index contributed by atoms with van der Waals surface area (Å²) in [6.45, 7) is 0. The summed E-state index contributed by atoms with van der Waals surface area (Å²) in [5.41, 5.74) is 0.692. The van der Waals surface area contributed by atoms with Crippen molar-refractivity contribution >= 4 is 37.5 Å². The topological polar surface area (TPSA) is 82.3 Å². The van der Waals surface area contributed by atoms with Crippen LogP contribution in [0.1, 0.15) is 0 Å². The number of ether oxygens (including phenoxy) is 1. The van der Waals surface area contributed by atoms with E-state index in [4.69, 9.17) is 9.15 Å². The summed E-state index contributed by atoms with van der Waals surface area (Å²) in [7, 11) is -1.79. The molecular formula is C17H15BrN2O4S2. The average molecular weight is 455 g/mol. The number of halogens is 1. The van der Waals surface area contributed by atoms with Crippen molar-refractivity contribution in [3.63, 3.8) is 0 Å². The van der Waals surface area contributed by atoms with Crippen LogP contribution in [0.25, 0.3) is 11.5 Å². The van der Waals surface area contributed by atoms with Crippen LogP contribution in [0.4, 0.5) is 0 Å². The summed E-state index contributed by atoms with van der Waals surface area (Å²) in [6, 6.07) is 13.9. The van der Waals surface area contributed by atoms with E-state index < -0.39 is 9.84 Å².